The Kier molecular flexibility index (Phi) is 6.70. The summed E-state index contributed by atoms with van der Waals surface area (Å²) in [6.45, 7) is 0. The van der Waals surface area contributed by atoms with Crippen molar-refractivity contribution in [3.05, 3.63) is 78.4 Å². The van der Waals surface area contributed by atoms with Crippen LogP contribution in [0.25, 0.3) is 56.0 Å². The molecule has 1 unspecified atom stereocenters. The van der Waals surface area contributed by atoms with Crippen LogP contribution >= 0.6 is 0 Å². The number of nitrogens with zero attached hydrogens (tertiary/aromatic N) is 4. The molecule has 1 atom stereocenters. The summed E-state index contributed by atoms with van der Waals surface area (Å²) in [5, 5.41) is 9.06. The van der Waals surface area contributed by atoms with Crippen molar-refractivity contribution in [2.45, 2.75) is 24.6 Å². The van der Waals surface area contributed by atoms with E-state index in [9.17, 15) is 17.6 Å². The number of pyridine rings is 2. The molecule has 0 bridgehead atoms. The van der Waals surface area contributed by atoms with Crippen LogP contribution in [0.4, 0.5) is 10.1 Å². The predicted octanol–water partition coefficient (Wildman–Crippen LogP) is 5.11. The number of H-pyrrole nitrogens is 2. The Balaban J connectivity index is 1.26. The Bertz CT molecular complexity index is 2190. The molecule has 13 heteroatoms. The summed E-state index contributed by atoms with van der Waals surface area (Å²) in [7, 11) is -3.65. The number of anilines is 1. The number of fused-ring (bicyclic) bond motifs is 2. The van der Waals surface area contributed by atoms with Crippen LogP contribution in [0.5, 0.6) is 0 Å². The van der Waals surface area contributed by atoms with Gasteiger partial charge in [0.15, 0.2) is 21.4 Å². The maximum atomic E-state index is 14.7. The molecule has 4 aromatic heterocycles. The Labute approximate surface area is 251 Å². The Morgan fingerprint density at radius 2 is 1.86 bits per heavy atom. The molecule has 5 N–H and O–H groups in total. The van der Waals surface area contributed by atoms with Gasteiger partial charge in [-0.3, -0.25) is 14.9 Å². The van der Waals surface area contributed by atoms with Gasteiger partial charge in [-0.05, 0) is 66.4 Å². The SMILES string of the molecule is CS(=O)(=O)C(N)c1cc(F)cc(-c2cccc3[nH]c(-c4n[nH]c5ccc(-c6cncc(NC(=O)C7CCC7)c6)nc45)nc23)c1. The number of rotatable bonds is 7. The number of sulfone groups is 1. The number of nitrogens with two attached hydrogens (primary N) is 1. The van der Waals surface area contributed by atoms with Gasteiger partial charge in [0, 0.05) is 29.5 Å². The molecule has 11 nitrogen and oxygen atoms in total. The van der Waals surface area contributed by atoms with E-state index in [0.29, 0.717) is 56.1 Å². The van der Waals surface area contributed by atoms with Gasteiger partial charge in [0.25, 0.3) is 0 Å². The third kappa shape index (κ3) is 5.09. The fourth-order valence-electron chi connectivity index (χ4n) is 5.34. The van der Waals surface area contributed by atoms with E-state index in [1.807, 2.05) is 24.3 Å². The molecule has 7 rings (SSSR count). The number of amides is 1. The first kappa shape index (κ1) is 27.8. The van der Waals surface area contributed by atoms with E-state index in [-0.39, 0.29) is 17.4 Å². The van der Waals surface area contributed by atoms with Crippen molar-refractivity contribution in [3.8, 4) is 33.9 Å². The highest BCUT2D eigenvalue weighted by Crippen LogP contribution is 2.34. The molecule has 1 amide bonds. The summed E-state index contributed by atoms with van der Waals surface area (Å²) >= 11 is 0. The minimum atomic E-state index is -3.65. The van der Waals surface area contributed by atoms with E-state index in [4.69, 9.17) is 15.7 Å². The molecular formula is C31H27FN8O3S. The van der Waals surface area contributed by atoms with Gasteiger partial charge < -0.3 is 16.0 Å². The zero-order chi connectivity index (χ0) is 30.6. The van der Waals surface area contributed by atoms with Crippen molar-refractivity contribution in [2.75, 3.05) is 11.6 Å². The summed E-state index contributed by atoms with van der Waals surface area (Å²) < 4.78 is 38.8. The standard InChI is InChI=1S/C31H27FN8O3S/c1-44(42,43)29(33)18-10-17(11-20(32)12-18)22-6-3-7-24-26(22)38-30(37-24)28-27-25(39-40-28)9-8-23(36-27)19-13-21(15-34-14-19)35-31(41)16-4-2-5-16/h3,6-16,29H,2,4-5,33H2,1H3,(H,35,41)(H,37,38)(H,39,40). The van der Waals surface area contributed by atoms with E-state index in [1.54, 1.807) is 30.6 Å². The number of hydrogen-bond acceptors (Lipinski definition) is 8. The lowest BCUT2D eigenvalue weighted by molar-refractivity contribution is -0.122. The Hall–Kier alpha value is -5.01. The van der Waals surface area contributed by atoms with Crippen molar-refractivity contribution >= 4 is 43.5 Å². The molecule has 1 aliphatic rings. The van der Waals surface area contributed by atoms with Gasteiger partial charge in [0.1, 0.15) is 16.7 Å². The largest absolute Gasteiger partial charge is 0.336 e. The molecule has 0 radical (unpaired) electrons. The van der Waals surface area contributed by atoms with E-state index in [2.05, 4.69) is 25.5 Å². The fourth-order valence-corrected chi connectivity index (χ4v) is 5.97. The van der Waals surface area contributed by atoms with Crippen LogP contribution in [0.15, 0.2) is 67.0 Å². The minimum Gasteiger partial charge on any atom is -0.336 e. The van der Waals surface area contributed by atoms with Crippen molar-refractivity contribution in [1.82, 2.24) is 30.1 Å². The summed E-state index contributed by atoms with van der Waals surface area (Å²) in [5.41, 5.74) is 12.0. The van der Waals surface area contributed by atoms with Gasteiger partial charge in [-0.2, -0.15) is 5.10 Å². The average molecular weight is 611 g/mol. The first-order chi connectivity index (χ1) is 21.1. The molecule has 1 aliphatic carbocycles. The zero-order valence-electron chi connectivity index (χ0n) is 23.5. The molecule has 2 aromatic carbocycles. The third-order valence-electron chi connectivity index (χ3n) is 7.94. The van der Waals surface area contributed by atoms with Crippen molar-refractivity contribution in [3.63, 3.8) is 0 Å². The highest BCUT2D eigenvalue weighted by molar-refractivity contribution is 7.90. The van der Waals surface area contributed by atoms with Gasteiger partial charge >= 0.3 is 0 Å². The maximum Gasteiger partial charge on any atom is 0.227 e. The zero-order valence-corrected chi connectivity index (χ0v) is 24.3. The lowest BCUT2D eigenvalue weighted by Gasteiger charge is -2.24. The maximum absolute atomic E-state index is 14.7. The van der Waals surface area contributed by atoms with Crippen LogP contribution < -0.4 is 11.1 Å². The van der Waals surface area contributed by atoms with Crippen LogP contribution in [-0.4, -0.2) is 50.7 Å². The molecule has 6 aromatic rings. The second kappa shape index (κ2) is 10.6. The number of aromatic nitrogens is 6. The minimum absolute atomic E-state index is 0.00712. The van der Waals surface area contributed by atoms with E-state index >= 15 is 0 Å². The number of hydrogen-bond donors (Lipinski definition) is 4. The molecule has 0 aliphatic heterocycles. The smallest absolute Gasteiger partial charge is 0.227 e. The first-order valence-electron chi connectivity index (χ1n) is 14.0. The van der Waals surface area contributed by atoms with Crippen LogP contribution in [0.2, 0.25) is 0 Å². The first-order valence-corrected chi connectivity index (χ1v) is 16.0. The topological polar surface area (TPSA) is 172 Å². The molecule has 4 heterocycles. The van der Waals surface area contributed by atoms with Crippen LogP contribution in [0.3, 0.4) is 0 Å². The molecular weight excluding hydrogens is 583 g/mol. The number of benzene rings is 2. The number of para-hydroxylation sites is 1. The second-order valence-corrected chi connectivity index (χ2v) is 13.2. The highest BCUT2D eigenvalue weighted by Gasteiger charge is 2.25. The molecule has 0 spiro atoms. The number of aromatic amines is 2. The van der Waals surface area contributed by atoms with Gasteiger partial charge in [-0.1, -0.05) is 18.6 Å². The van der Waals surface area contributed by atoms with Gasteiger partial charge in [0.05, 0.1) is 34.1 Å². The Morgan fingerprint density at radius 1 is 1.02 bits per heavy atom. The van der Waals surface area contributed by atoms with Crippen LogP contribution in [-0.2, 0) is 14.6 Å². The molecule has 1 saturated carbocycles. The average Bonchev–Trinajstić information content (AvgIpc) is 3.59. The number of nitrogens with one attached hydrogen (secondary N) is 3. The molecule has 1 fully saturated rings. The summed E-state index contributed by atoms with van der Waals surface area (Å²) in [6, 6.07) is 15.0. The lowest BCUT2D eigenvalue weighted by atomic mass is 9.85. The normalized spacial score (nSPS) is 14.5. The van der Waals surface area contributed by atoms with E-state index in [0.717, 1.165) is 37.1 Å². The monoisotopic (exact) mass is 610 g/mol. The predicted molar refractivity (Wildman–Crippen MR) is 165 cm³/mol. The Morgan fingerprint density at radius 3 is 2.64 bits per heavy atom. The van der Waals surface area contributed by atoms with Gasteiger partial charge in [-0.25, -0.2) is 22.8 Å². The van der Waals surface area contributed by atoms with Crippen LogP contribution in [0, 0.1) is 11.7 Å². The third-order valence-corrected chi connectivity index (χ3v) is 9.14. The summed E-state index contributed by atoms with van der Waals surface area (Å²) in [4.78, 5) is 29.7. The summed E-state index contributed by atoms with van der Waals surface area (Å²) in [5.74, 6) is -0.111. The van der Waals surface area contributed by atoms with Crippen LogP contribution in [0.1, 0.15) is 30.2 Å². The summed E-state index contributed by atoms with van der Waals surface area (Å²) in [6.07, 6.45) is 7.20. The second-order valence-electron chi connectivity index (χ2n) is 11.1. The highest BCUT2D eigenvalue weighted by atomic mass is 32.2. The van der Waals surface area contributed by atoms with Crippen molar-refractivity contribution in [2.24, 2.45) is 11.7 Å². The molecule has 222 valence electrons. The molecule has 0 saturated heterocycles. The quantitative estimate of drug-likeness (QED) is 0.193. The number of imidazole rings is 1. The van der Waals surface area contributed by atoms with E-state index < -0.39 is 21.0 Å². The lowest BCUT2D eigenvalue weighted by Crippen LogP contribution is -2.28. The van der Waals surface area contributed by atoms with E-state index in [1.165, 1.54) is 6.07 Å². The van der Waals surface area contributed by atoms with Crippen molar-refractivity contribution < 1.29 is 17.6 Å². The molecule has 44 heavy (non-hydrogen) atoms. The van der Waals surface area contributed by atoms with Gasteiger partial charge in [-0.15, -0.1) is 0 Å². The van der Waals surface area contributed by atoms with Gasteiger partial charge in [0.2, 0.25) is 5.91 Å². The fraction of sp³-hybridized carbons (Fsp3) is 0.194. The van der Waals surface area contributed by atoms with Crippen molar-refractivity contribution in [1.29, 1.82) is 0 Å². The number of carbonyl (C=O) groups excluding carboxylic acids is 1. The number of halogens is 1. The number of carbonyl (C=O) groups is 1.